The second kappa shape index (κ2) is 7.92. The normalized spacial score (nSPS) is 11.5. The Morgan fingerprint density at radius 3 is 2.75 bits per heavy atom. The molecule has 3 aromatic heterocycles. The maximum atomic E-state index is 5.98. The van der Waals surface area contributed by atoms with E-state index in [0.29, 0.717) is 24.2 Å². The van der Waals surface area contributed by atoms with Crippen molar-refractivity contribution in [1.29, 1.82) is 0 Å². The van der Waals surface area contributed by atoms with Crippen LogP contribution in [0.5, 0.6) is 0 Å². The van der Waals surface area contributed by atoms with Crippen LogP contribution in [-0.4, -0.2) is 24.6 Å². The monoisotopic (exact) mass is 423 g/mol. The van der Waals surface area contributed by atoms with E-state index in [-0.39, 0.29) is 0 Å². The Balaban J connectivity index is 1.53. The SMILES string of the molecule is Cc1nc(NCc2ccccc2-c2nccc3cc(N)ccc23)n2ncc(C(C)C)c2n1. The average molecular weight is 424 g/mol. The number of nitrogens with two attached hydrogens (primary N) is 1. The van der Waals surface area contributed by atoms with E-state index in [1.54, 1.807) is 4.52 Å². The fourth-order valence-electron chi connectivity index (χ4n) is 4.01. The molecule has 0 bridgehead atoms. The van der Waals surface area contributed by atoms with Crippen LogP contribution < -0.4 is 11.1 Å². The van der Waals surface area contributed by atoms with Gasteiger partial charge in [-0.3, -0.25) is 4.98 Å². The molecular weight excluding hydrogens is 398 g/mol. The summed E-state index contributed by atoms with van der Waals surface area (Å²) in [6, 6.07) is 16.2. The maximum Gasteiger partial charge on any atom is 0.227 e. The third-order valence-electron chi connectivity index (χ3n) is 5.63. The van der Waals surface area contributed by atoms with Crippen molar-refractivity contribution in [2.75, 3.05) is 11.1 Å². The summed E-state index contributed by atoms with van der Waals surface area (Å²) in [6.07, 6.45) is 3.70. The van der Waals surface area contributed by atoms with E-state index in [0.717, 1.165) is 44.5 Å². The summed E-state index contributed by atoms with van der Waals surface area (Å²) in [5, 5.41) is 10.1. The highest BCUT2D eigenvalue weighted by molar-refractivity contribution is 5.96. The summed E-state index contributed by atoms with van der Waals surface area (Å²) in [5.74, 6) is 1.72. The molecule has 160 valence electrons. The fraction of sp³-hybridized carbons (Fsp3) is 0.200. The maximum absolute atomic E-state index is 5.98. The molecule has 7 heteroatoms. The van der Waals surface area contributed by atoms with Crippen LogP contribution in [0, 0.1) is 6.92 Å². The van der Waals surface area contributed by atoms with Crippen molar-refractivity contribution in [3.8, 4) is 11.3 Å². The zero-order valence-electron chi connectivity index (χ0n) is 18.4. The zero-order chi connectivity index (χ0) is 22.2. The molecule has 3 heterocycles. The van der Waals surface area contributed by atoms with Gasteiger partial charge in [-0.1, -0.05) is 44.2 Å². The quantitative estimate of drug-likeness (QED) is 0.388. The Morgan fingerprint density at radius 2 is 1.91 bits per heavy atom. The van der Waals surface area contributed by atoms with Gasteiger partial charge in [0.05, 0.1) is 11.9 Å². The zero-order valence-corrected chi connectivity index (χ0v) is 18.4. The number of anilines is 2. The molecule has 0 unspecified atom stereocenters. The number of hydrogen-bond acceptors (Lipinski definition) is 6. The van der Waals surface area contributed by atoms with Gasteiger partial charge in [-0.05, 0) is 42.0 Å². The second-order valence-corrected chi connectivity index (χ2v) is 8.24. The largest absolute Gasteiger partial charge is 0.399 e. The summed E-state index contributed by atoms with van der Waals surface area (Å²) in [7, 11) is 0. The predicted octanol–water partition coefficient (Wildman–Crippen LogP) is 4.97. The van der Waals surface area contributed by atoms with Crippen molar-refractivity contribution < 1.29 is 0 Å². The van der Waals surface area contributed by atoms with E-state index in [2.05, 4.69) is 46.4 Å². The molecule has 0 atom stereocenters. The first-order valence-electron chi connectivity index (χ1n) is 10.7. The molecule has 0 aliphatic carbocycles. The predicted molar refractivity (Wildman–Crippen MR) is 129 cm³/mol. The average Bonchev–Trinajstić information content (AvgIpc) is 3.21. The van der Waals surface area contributed by atoms with E-state index in [1.165, 1.54) is 0 Å². The molecule has 0 spiro atoms. The first kappa shape index (κ1) is 19.9. The van der Waals surface area contributed by atoms with E-state index < -0.39 is 0 Å². The highest BCUT2D eigenvalue weighted by Gasteiger charge is 2.15. The van der Waals surface area contributed by atoms with Crippen LogP contribution in [0.4, 0.5) is 11.6 Å². The van der Waals surface area contributed by atoms with Crippen LogP contribution in [0.15, 0.2) is 60.9 Å². The summed E-state index contributed by atoms with van der Waals surface area (Å²) >= 11 is 0. The first-order valence-corrected chi connectivity index (χ1v) is 10.7. The van der Waals surface area contributed by atoms with Gasteiger partial charge in [-0.2, -0.15) is 14.6 Å². The van der Waals surface area contributed by atoms with Crippen molar-refractivity contribution in [2.24, 2.45) is 0 Å². The standard InChI is InChI=1S/C25H25N7/c1-15(2)22-14-29-32-24(22)30-16(3)31-25(32)28-13-18-6-4-5-7-20(18)23-21-9-8-19(26)12-17(21)10-11-27-23/h4-12,14-15H,13,26H2,1-3H3,(H,28,30,31). The van der Waals surface area contributed by atoms with Gasteiger partial charge in [0.1, 0.15) is 5.82 Å². The van der Waals surface area contributed by atoms with Crippen LogP contribution in [0.1, 0.15) is 36.7 Å². The minimum Gasteiger partial charge on any atom is -0.399 e. The number of rotatable bonds is 5. The van der Waals surface area contributed by atoms with Gasteiger partial charge in [0.15, 0.2) is 5.65 Å². The molecule has 2 aromatic carbocycles. The lowest BCUT2D eigenvalue weighted by Crippen LogP contribution is -2.10. The Kier molecular flexibility index (Phi) is 4.93. The van der Waals surface area contributed by atoms with Crippen molar-refractivity contribution in [2.45, 2.75) is 33.2 Å². The highest BCUT2D eigenvalue weighted by atomic mass is 15.3. The number of aromatic nitrogens is 5. The topological polar surface area (TPSA) is 94.0 Å². The van der Waals surface area contributed by atoms with Gasteiger partial charge in [0.25, 0.3) is 0 Å². The molecule has 0 fully saturated rings. The third kappa shape index (κ3) is 3.51. The van der Waals surface area contributed by atoms with Crippen molar-refractivity contribution in [3.05, 3.63) is 77.9 Å². The smallest absolute Gasteiger partial charge is 0.227 e. The van der Waals surface area contributed by atoms with Crippen molar-refractivity contribution >= 4 is 28.1 Å². The van der Waals surface area contributed by atoms with E-state index in [1.807, 2.05) is 55.7 Å². The number of nitrogen functional groups attached to an aromatic ring is 1. The molecular formula is C25H25N7. The molecule has 5 aromatic rings. The summed E-state index contributed by atoms with van der Waals surface area (Å²) in [6.45, 7) is 6.76. The lowest BCUT2D eigenvalue weighted by Gasteiger charge is -2.13. The number of pyridine rings is 1. The minimum absolute atomic E-state index is 0.335. The van der Waals surface area contributed by atoms with Gasteiger partial charge < -0.3 is 11.1 Å². The number of nitrogens with zero attached hydrogens (tertiary/aromatic N) is 5. The molecule has 0 saturated heterocycles. The molecule has 3 N–H and O–H groups in total. The number of aryl methyl sites for hydroxylation is 1. The number of fused-ring (bicyclic) bond motifs is 2. The Hall–Kier alpha value is -4.00. The Bertz CT molecular complexity index is 1440. The number of hydrogen-bond donors (Lipinski definition) is 2. The van der Waals surface area contributed by atoms with Gasteiger partial charge >= 0.3 is 0 Å². The molecule has 0 radical (unpaired) electrons. The molecule has 0 saturated carbocycles. The third-order valence-corrected chi connectivity index (χ3v) is 5.63. The van der Waals surface area contributed by atoms with Crippen LogP contribution in [0.3, 0.4) is 0 Å². The van der Waals surface area contributed by atoms with Gasteiger partial charge in [0, 0.05) is 34.9 Å². The van der Waals surface area contributed by atoms with E-state index in [4.69, 9.17) is 10.7 Å². The lowest BCUT2D eigenvalue weighted by atomic mass is 9.99. The van der Waals surface area contributed by atoms with Gasteiger partial charge in [0.2, 0.25) is 5.95 Å². The van der Waals surface area contributed by atoms with Crippen molar-refractivity contribution in [3.63, 3.8) is 0 Å². The molecule has 32 heavy (non-hydrogen) atoms. The van der Waals surface area contributed by atoms with Crippen LogP contribution in [0.2, 0.25) is 0 Å². The van der Waals surface area contributed by atoms with E-state index >= 15 is 0 Å². The van der Waals surface area contributed by atoms with Crippen LogP contribution >= 0.6 is 0 Å². The minimum atomic E-state index is 0.335. The molecule has 0 amide bonds. The van der Waals surface area contributed by atoms with E-state index in [9.17, 15) is 0 Å². The van der Waals surface area contributed by atoms with Crippen LogP contribution in [0.25, 0.3) is 27.7 Å². The second-order valence-electron chi connectivity index (χ2n) is 8.24. The summed E-state index contributed by atoms with van der Waals surface area (Å²) in [5.41, 5.74) is 11.8. The molecule has 0 aliphatic rings. The van der Waals surface area contributed by atoms with Gasteiger partial charge in [-0.25, -0.2) is 4.98 Å². The van der Waals surface area contributed by atoms with Gasteiger partial charge in [-0.15, -0.1) is 0 Å². The summed E-state index contributed by atoms with van der Waals surface area (Å²) < 4.78 is 1.78. The fourth-order valence-corrected chi connectivity index (χ4v) is 4.01. The lowest BCUT2D eigenvalue weighted by molar-refractivity contribution is 0.852. The highest BCUT2D eigenvalue weighted by Crippen LogP contribution is 2.30. The number of nitrogens with one attached hydrogen (secondary N) is 1. The summed E-state index contributed by atoms with van der Waals surface area (Å²) in [4.78, 5) is 13.9. The Labute approximate surface area is 186 Å². The molecule has 0 aliphatic heterocycles. The first-order chi connectivity index (χ1) is 15.5. The molecule has 5 rings (SSSR count). The van der Waals surface area contributed by atoms with Crippen LogP contribution in [-0.2, 0) is 6.54 Å². The number of benzene rings is 2. The molecule has 7 nitrogen and oxygen atoms in total. The van der Waals surface area contributed by atoms with Crippen molar-refractivity contribution in [1.82, 2.24) is 24.6 Å². The Morgan fingerprint density at radius 1 is 1.06 bits per heavy atom.